The van der Waals surface area contributed by atoms with Crippen molar-refractivity contribution >= 4 is 46.1 Å². The maximum atomic E-state index is 13.6. The van der Waals surface area contributed by atoms with E-state index in [9.17, 15) is 14.4 Å². The first-order chi connectivity index (χ1) is 17.4. The molecule has 0 spiro atoms. The number of halogens is 1. The van der Waals surface area contributed by atoms with Gasteiger partial charge in [-0.3, -0.25) is 9.59 Å². The van der Waals surface area contributed by atoms with Crippen LogP contribution in [0.3, 0.4) is 0 Å². The minimum absolute atomic E-state index is 0.112. The molecule has 3 N–H and O–H groups in total. The molecule has 3 aromatic carbocycles. The van der Waals surface area contributed by atoms with Gasteiger partial charge in [0, 0.05) is 15.2 Å². The van der Waals surface area contributed by atoms with E-state index in [2.05, 4.69) is 33.2 Å². The molecule has 4 rings (SSSR count). The number of rotatable bonds is 9. The van der Waals surface area contributed by atoms with Gasteiger partial charge in [0.2, 0.25) is 5.91 Å². The molecule has 1 heterocycles. The zero-order valence-electron chi connectivity index (χ0n) is 19.6. The van der Waals surface area contributed by atoms with Crippen LogP contribution >= 0.6 is 22.6 Å². The van der Waals surface area contributed by atoms with Gasteiger partial charge in [-0.05, 0) is 70.1 Å². The van der Waals surface area contributed by atoms with Crippen LogP contribution in [0.25, 0.3) is 0 Å². The zero-order chi connectivity index (χ0) is 25.7. The second-order valence-electron chi connectivity index (χ2n) is 8.37. The molecule has 9 heteroatoms. The zero-order valence-corrected chi connectivity index (χ0v) is 21.7. The van der Waals surface area contributed by atoms with Crippen molar-refractivity contribution in [1.82, 2.24) is 10.2 Å². The molecule has 1 aliphatic rings. The van der Waals surface area contributed by atoms with Crippen molar-refractivity contribution in [2.45, 2.75) is 24.9 Å². The van der Waals surface area contributed by atoms with E-state index in [0.29, 0.717) is 17.0 Å². The van der Waals surface area contributed by atoms with Gasteiger partial charge in [0.15, 0.2) is 0 Å². The van der Waals surface area contributed by atoms with Crippen LogP contribution in [0.2, 0.25) is 0 Å². The highest BCUT2D eigenvalue weighted by Crippen LogP contribution is 2.31. The summed E-state index contributed by atoms with van der Waals surface area (Å²) in [5, 5.41) is 14.5. The monoisotopic (exact) mass is 599 g/mol. The maximum absolute atomic E-state index is 13.6. The van der Waals surface area contributed by atoms with E-state index < -0.39 is 35.8 Å². The van der Waals surface area contributed by atoms with Crippen molar-refractivity contribution < 1.29 is 24.2 Å². The third-order valence-corrected chi connectivity index (χ3v) is 6.72. The third-order valence-electron chi connectivity index (χ3n) is 6.00. The van der Waals surface area contributed by atoms with Crippen LogP contribution in [0.15, 0.2) is 78.9 Å². The van der Waals surface area contributed by atoms with Gasteiger partial charge in [0.05, 0.1) is 6.61 Å². The summed E-state index contributed by atoms with van der Waals surface area (Å²) in [6.07, 6.45) is 0. The number of ether oxygens (including phenoxy) is 1. The molecule has 0 saturated carbocycles. The van der Waals surface area contributed by atoms with Crippen LogP contribution < -0.4 is 15.4 Å². The van der Waals surface area contributed by atoms with E-state index in [1.54, 1.807) is 36.4 Å². The summed E-state index contributed by atoms with van der Waals surface area (Å²) in [4.78, 5) is 41.2. The number of urea groups is 1. The van der Waals surface area contributed by atoms with Gasteiger partial charge in [-0.15, -0.1) is 0 Å². The Balaban J connectivity index is 1.62. The quantitative estimate of drug-likeness (QED) is 0.254. The number of nitrogens with one attached hydrogen (secondary N) is 2. The van der Waals surface area contributed by atoms with E-state index in [1.165, 1.54) is 0 Å². The molecule has 0 bridgehead atoms. The largest absolute Gasteiger partial charge is 0.491 e. The van der Waals surface area contributed by atoms with E-state index >= 15 is 0 Å². The Hall–Kier alpha value is -3.44. The Bertz CT molecular complexity index is 1220. The predicted molar refractivity (Wildman–Crippen MR) is 144 cm³/mol. The van der Waals surface area contributed by atoms with Crippen molar-refractivity contribution in [2.75, 3.05) is 18.5 Å². The summed E-state index contributed by atoms with van der Waals surface area (Å²) in [5.74, 6) is -0.884. The molecule has 36 heavy (non-hydrogen) atoms. The first-order valence-corrected chi connectivity index (χ1v) is 12.6. The molecular formula is C27H26IN3O5. The number of carbonyl (C=O) groups excluding carboxylic acids is 3. The number of nitrogens with zero attached hydrogens (tertiary/aromatic N) is 1. The predicted octanol–water partition coefficient (Wildman–Crippen LogP) is 4.07. The number of carbonyl (C=O) groups is 3. The molecule has 3 atom stereocenters. The van der Waals surface area contributed by atoms with Crippen molar-refractivity contribution in [2.24, 2.45) is 0 Å². The van der Waals surface area contributed by atoms with Gasteiger partial charge < -0.3 is 20.5 Å². The van der Waals surface area contributed by atoms with Gasteiger partial charge in [-0.25, -0.2) is 9.69 Å². The average molecular weight is 599 g/mol. The molecule has 1 unspecified atom stereocenters. The summed E-state index contributed by atoms with van der Waals surface area (Å²) in [7, 11) is 0. The fraction of sp³-hybridized carbons (Fsp3) is 0.222. The molecule has 3 aromatic rings. The number of imide groups is 1. The van der Waals surface area contributed by atoms with Gasteiger partial charge in [0.25, 0.3) is 5.91 Å². The topological polar surface area (TPSA) is 108 Å². The lowest BCUT2D eigenvalue weighted by atomic mass is 9.91. The third kappa shape index (κ3) is 5.68. The number of aliphatic hydroxyl groups excluding tert-OH is 1. The number of aliphatic hydroxyl groups is 1. The first-order valence-electron chi connectivity index (χ1n) is 11.5. The Morgan fingerprint density at radius 1 is 1.06 bits per heavy atom. The second kappa shape index (κ2) is 11.5. The maximum Gasteiger partial charge on any atom is 0.325 e. The van der Waals surface area contributed by atoms with Crippen LogP contribution in [-0.2, 0) is 9.59 Å². The highest BCUT2D eigenvalue weighted by molar-refractivity contribution is 14.1. The number of anilines is 1. The molecule has 0 aromatic heterocycles. The van der Waals surface area contributed by atoms with Gasteiger partial charge in [-0.2, -0.15) is 0 Å². The fourth-order valence-electron chi connectivity index (χ4n) is 4.16. The van der Waals surface area contributed by atoms with Gasteiger partial charge >= 0.3 is 6.03 Å². The summed E-state index contributed by atoms with van der Waals surface area (Å²) in [6, 6.07) is 20.7. The average Bonchev–Trinajstić information content (AvgIpc) is 3.18. The number of benzene rings is 3. The summed E-state index contributed by atoms with van der Waals surface area (Å²) in [6.45, 7) is 1.87. The Kier molecular flexibility index (Phi) is 8.21. The summed E-state index contributed by atoms with van der Waals surface area (Å²) < 4.78 is 6.39. The molecule has 1 fully saturated rings. The van der Waals surface area contributed by atoms with Crippen LogP contribution in [-0.4, -0.2) is 47.1 Å². The van der Waals surface area contributed by atoms with Crippen molar-refractivity contribution in [3.63, 3.8) is 0 Å². The van der Waals surface area contributed by atoms with Crippen molar-refractivity contribution in [3.8, 4) is 5.75 Å². The lowest BCUT2D eigenvalue weighted by Gasteiger charge is -2.30. The van der Waals surface area contributed by atoms with Gasteiger partial charge in [0.1, 0.15) is 24.4 Å². The summed E-state index contributed by atoms with van der Waals surface area (Å²) in [5.41, 5.74) is 1.97. The van der Waals surface area contributed by atoms with E-state index in [0.717, 1.165) is 14.0 Å². The van der Waals surface area contributed by atoms with Crippen LogP contribution in [0.5, 0.6) is 5.75 Å². The Morgan fingerprint density at radius 2 is 1.72 bits per heavy atom. The van der Waals surface area contributed by atoms with Crippen molar-refractivity contribution in [3.05, 3.63) is 93.6 Å². The van der Waals surface area contributed by atoms with Gasteiger partial charge in [-0.1, -0.05) is 49.4 Å². The van der Waals surface area contributed by atoms with Crippen LogP contribution in [0.1, 0.15) is 30.0 Å². The van der Waals surface area contributed by atoms with Crippen LogP contribution in [0, 0.1) is 3.57 Å². The van der Waals surface area contributed by atoms with E-state index in [4.69, 9.17) is 9.84 Å². The minimum atomic E-state index is -1.07. The van der Waals surface area contributed by atoms with Crippen molar-refractivity contribution in [1.29, 1.82) is 0 Å². The molecule has 1 saturated heterocycles. The lowest BCUT2D eigenvalue weighted by Crippen LogP contribution is -2.50. The molecule has 186 valence electrons. The van der Waals surface area contributed by atoms with E-state index in [-0.39, 0.29) is 13.2 Å². The normalized spacial score (nSPS) is 16.9. The van der Waals surface area contributed by atoms with E-state index in [1.807, 2.05) is 49.4 Å². The number of hydrogen-bond donors (Lipinski definition) is 3. The fourth-order valence-corrected chi connectivity index (χ4v) is 4.52. The number of amides is 4. The highest BCUT2D eigenvalue weighted by atomic mass is 127. The standard InChI is InChI=1S/C27H26IN3O5/c1-17(18-5-3-2-4-6-18)24(25(33)29-21-11-9-20(28)10-12-21)31-26(34)23(30-27(31)35)19-7-13-22(14-8-19)36-16-15-32/h2-14,17,23-24,32H,15-16H2,1H3,(H,29,33)(H,30,35)/t17-,23?,24-/m0/s1. The SMILES string of the molecule is C[C@@H](c1ccccc1)[C@@H](C(=O)Nc1ccc(I)cc1)N1C(=O)NC(c2ccc(OCCO)cc2)C1=O. The molecule has 1 aliphatic heterocycles. The number of hydrogen-bond acceptors (Lipinski definition) is 5. The summed E-state index contributed by atoms with van der Waals surface area (Å²) >= 11 is 2.18. The minimum Gasteiger partial charge on any atom is -0.491 e. The molecular weight excluding hydrogens is 573 g/mol. The Labute approximate surface area is 222 Å². The lowest BCUT2D eigenvalue weighted by molar-refractivity contribution is -0.134. The van der Waals surface area contributed by atoms with Crippen LogP contribution in [0.4, 0.5) is 10.5 Å². The molecule has 0 radical (unpaired) electrons. The Morgan fingerprint density at radius 3 is 2.36 bits per heavy atom. The first kappa shape index (κ1) is 25.6. The molecule has 8 nitrogen and oxygen atoms in total. The second-order valence-corrected chi connectivity index (χ2v) is 9.62. The highest BCUT2D eigenvalue weighted by Gasteiger charge is 2.47. The smallest absolute Gasteiger partial charge is 0.325 e. The molecule has 4 amide bonds. The molecule has 0 aliphatic carbocycles.